The molecule has 1 aromatic heterocycles. The third kappa shape index (κ3) is 2.64. The van der Waals surface area contributed by atoms with Crippen LogP contribution in [0.4, 0.5) is 5.69 Å². The van der Waals surface area contributed by atoms with E-state index in [1.165, 1.54) is 12.1 Å². The predicted molar refractivity (Wildman–Crippen MR) is 84.7 cm³/mol. The number of rotatable bonds is 3. The SMILES string of the molecule is NC(=O)c1ccc(C(=O)Nc2cccc3cccnc23)cc1. The average molecular weight is 291 g/mol. The summed E-state index contributed by atoms with van der Waals surface area (Å²) in [5.74, 6) is -0.792. The van der Waals surface area contributed by atoms with Crippen LogP contribution in [0.3, 0.4) is 0 Å². The molecule has 5 nitrogen and oxygen atoms in total. The van der Waals surface area contributed by atoms with Gasteiger partial charge in [-0.3, -0.25) is 14.6 Å². The van der Waals surface area contributed by atoms with Crippen LogP contribution in [0.15, 0.2) is 60.8 Å². The second kappa shape index (κ2) is 5.65. The quantitative estimate of drug-likeness (QED) is 0.777. The molecule has 5 heteroatoms. The zero-order chi connectivity index (χ0) is 15.5. The van der Waals surface area contributed by atoms with E-state index in [-0.39, 0.29) is 5.91 Å². The summed E-state index contributed by atoms with van der Waals surface area (Å²) in [6.07, 6.45) is 1.68. The summed E-state index contributed by atoms with van der Waals surface area (Å²) in [6.45, 7) is 0. The lowest BCUT2D eigenvalue weighted by molar-refractivity contribution is 0.0995. The van der Waals surface area contributed by atoms with Gasteiger partial charge in [0, 0.05) is 22.7 Å². The number of carbonyl (C=O) groups is 2. The van der Waals surface area contributed by atoms with Gasteiger partial charge in [0.15, 0.2) is 0 Å². The smallest absolute Gasteiger partial charge is 0.255 e. The first-order valence-corrected chi connectivity index (χ1v) is 6.70. The molecule has 2 amide bonds. The van der Waals surface area contributed by atoms with Gasteiger partial charge in [0.2, 0.25) is 5.91 Å². The van der Waals surface area contributed by atoms with Crippen LogP contribution in [0.25, 0.3) is 10.9 Å². The van der Waals surface area contributed by atoms with Crippen LogP contribution >= 0.6 is 0 Å². The highest BCUT2D eigenvalue weighted by atomic mass is 16.2. The molecule has 0 atom stereocenters. The van der Waals surface area contributed by atoms with E-state index >= 15 is 0 Å². The first-order valence-electron chi connectivity index (χ1n) is 6.70. The molecule has 0 bridgehead atoms. The number of benzene rings is 2. The van der Waals surface area contributed by atoms with E-state index in [1.807, 2.05) is 24.3 Å². The topological polar surface area (TPSA) is 85.1 Å². The molecule has 3 N–H and O–H groups in total. The van der Waals surface area contributed by atoms with Gasteiger partial charge in [0.05, 0.1) is 11.2 Å². The lowest BCUT2D eigenvalue weighted by atomic mass is 10.1. The number of hydrogen-bond donors (Lipinski definition) is 2. The Morgan fingerprint density at radius 1 is 0.909 bits per heavy atom. The summed E-state index contributed by atoms with van der Waals surface area (Å²) < 4.78 is 0. The Morgan fingerprint density at radius 2 is 1.59 bits per heavy atom. The van der Waals surface area contributed by atoms with E-state index < -0.39 is 5.91 Å². The van der Waals surface area contributed by atoms with Gasteiger partial charge >= 0.3 is 0 Å². The van der Waals surface area contributed by atoms with Crippen LogP contribution in [0, 0.1) is 0 Å². The number of hydrogen-bond acceptors (Lipinski definition) is 3. The van der Waals surface area contributed by atoms with Crippen molar-refractivity contribution in [3.63, 3.8) is 0 Å². The van der Waals surface area contributed by atoms with E-state index in [1.54, 1.807) is 24.4 Å². The van der Waals surface area contributed by atoms with Crippen LogP contribution in [0.5, 0.6) is 0 Å². The third-order valence-corrected chi connectivity index (χ3v) is 3.31. The summed E-state index contributed by atoms with van der Waals surface area (Å²) in [4.78, 5) is 27.6. The van der Waals surface area contributed by atoms with Gasteiger partial charge in [-0.15, -0.1) is 0 Å². The predicted octanol–water partition coefficient (Wildman–Crippen LogP) is 2.59. The van der Waals surface area contributed by atoms with Crippen molar-refractivity contribution in [2.24, 2.45) is 5.73 Å². The van der Waals surface area contributed by atoms with E-state index in [0.29, 0.717) is 16.8 Å². The number of nitrogens with two attached hydrogens (primary N) is 1. The van der Waals surface area contributed by atoms with Crippen LogP contribution < -0.4 is 11.1 Å². The number of amides is 2. The lowest BCUT2D eigenvalue weighted by Crippen LogP contribution is -2.14. The highest BCUT2D eigenvalue weighted by Crippen LogP contribution is 2.21. The number of nitrogens with zero attached hydrogens (tertiary/aromatic N) is 1. The Kier molecular flexibility index (Phi) is 3.53. The van der Waals surface area contributed by atoms with Crippen LogP contribution in [0.1, 0.15) is 20.7 Å². The van der Waals surface area contributed by atoms with Crippen molar-refractivity contribution >= 4 is 28.4 Å². The molecule has 3 rings (SSSR count). The molecule has 0 radical (unpaired) electrons. The van der Waals surface area contributed by atoms with Crippen LogP contribution in [0.2, 0.25) is 0 Å². The molecular weight excluding hydrogens is 278 g/mol. The lowest BCUT2D eigenvalue weighted by Gasteiger charge is -2.08. The van der Waals surface area contributed by atoms with Gasteiger partial charge in [-0.2, -0.15) is 0 Å². The fraction of sp³-hybridized carbons (Fsp3) is 0. The Hall–Kier alpha value is -3.21. The van der Waals surface area contributed by atoms with E-state index in [0.717, 1.165) is 10.9 Å². The zero-order valence-corrected chi connectivity index (χ0v) is 11.6. The average Bonchev–Trinajstić information content (AvgIpc) is 2.55. The van der Waals surface area contributed by atoms with Crippen LogP contribution in [-0.2, 0) is 0 Å². The molecule has 0 saturated carbocycles. The van der Waals surface area contributed by atoms with Crippen molar-refractivity contribution < 1.29 is 9.59 Å². The Morgan fingerprint density at radius 3 is 2.32 bits per heavy atom. The maximum atomic E-state index is 12.3. The Balaban J connectivity index is 1.88. The van der Waals surface area contributed by atoms with Gasteiger partial charge < -0.3 is 11.1 Å². The van der Waals surface area contributed by atoms with Crippen molar-refractivity contribution in [1.82, 2.24) is 4.98 Å². The molecule has 0 unspecified atom stereocenters. The molecule has 1 heterocycles. The number of fused-ring (bicyclic) bond motifs is 1. The number of primary amides is 1. The van der Waals surface area contributed by atoms with Gasteiger partial charge in [-0.1, -0.05) is 18.2 Å². The Bertz CT molecular complexity index is 852. The molecular formula is C17H13N3O2. The summed E-state index contributed by atoms with van der Waals surface area (Å²) >= 11 is 0. The normalized spacial score (nSPS) is 10.4. The number of anilines is 1. The molecule has 0 spiro atoms. The molecule has 0 fully saturated rings. The zero-order valence-electron chi connectivity index (χ0n) is 11.6. The van der Waals surface area contributed by atoms with E-state index in [4.69, 9.17) is 5.73 Å². The van der Waals surface area contributed by atoms with Crippen molar-refractivity contribution in [1.29, 1.82) is 0 Å². The molecule has 0 aliphatic rings. The summed E-state index contributed by atoms with van der Waals surface area (Å²) in [5.41, 5.74) is 7.35. The van der Waals surface area contributed by atoms with Gasteiger partial charge in [0.1, 0.15) is 0 Å². The second-order valence-electron chi connectivity index (χ2n) is 4.78. The standard InChI is InChI=1S/C17H13N3O2/c18-16(21)12-6-8-13(9-7-12)17(22)20-14-5-1-3-11-4-2-10-19-15(11)14/h1-10H,(H2,18,21)(H,20,22). The fourth-order valence-corrected chi connectivity index (χ4v) is 2.19. The molecule has 0 saturated heterocycles. The second-order valence-corrected chi connectivity index (χ2v) is 4.78. The van der Waals surface area contributed by atoms with Crippen molar-refractivity contribution in [2.75, 3.05) is 5.32 Å². The minimum atomic E-state index is -0.523. The summed E-state index contributed by atoms with van der Waals surface area (Å²) in [7, 11) is 0. The first kappa shape index (κ1) is 13.8. The number of carbonyl (C=O) groups excluding carboxylic acids is 2. The Labute approximate surface area is 126 Å². The van der Waals surface area contributed by atoms with E-state index in [2.05, 4.69) is 10.3 Å². The van der Waals surface area contributed by atoms with E-state index in [9.17, 15) is 9.59 Å². The molecule has 0 aliphatic heterocycles. The molecule has 22 heavy (non-hydrogen) atoms. The van der Waals surface area contributed by atoms with Gasteiger partial charge in [0.25, 0.3) is 5.91 Å². The number of pyridine rings is 1. The highest BCUT2D eigenvalue weighted by molar-refractivity contribution is 6.08. The maximum Gasteiger partial charge on any atom is 0.255 e. The molecule has 3 aromatic rings. The molecule has 108 valence electrons. The molecule has 2 aromatic carbocycles. The summed E-state index contributed by atoms with van der Waals surface area (Å²) in [6, 6.07) is 15.5. The fourth-order valence-electron chi connectivity index (χ4n) is 2.19. The van der Waals surface area contributed by atoms with Crippen LogP contribution in [-0.4, -0.2) is 16.8 Å². The number of aromatic nitrogens is 1. The largest absolute Gasteiger partial charge is 0.366 e. The van der Waals surface area contributed by atoms with Gasteiger partial charge in [-0.05, 0) is 36.4 Å². The minimum absolute atomic E-state index is 0.269. The van der Waals surface area contributed by atoms with Gasteiger partial charge in [-0.25, -0.2) is 0 Å². The molecule has 0 aliphatic carbocycles. The highest BCUT2D eigenvalue weighted by Gasteiger charge is 2.09. The van der Waals surface area contributed by atoms with Crippen molar-refractivity contribution in [3.8, 4) is 0 Å². The maximum absolute atomic E-state index is 12.3. The third-order valence-electron chi connectivity index (χ3n) is 3.31. The summed E-state index contributed by atoms with van der Waals surface area (Å²) in [5, 5.41) is 3.78. The monoisotopic (exact) mass is 291 g/mol. The first-order chi connectivity index (χ1) is 10.6. The number of nitrogens with one attached hydrogen (secondary N) is 1. The number of para-hydroxylation sites is 1. The van der Waals surface area contributed by atoms with Crippen molar-refractivity contribution in [2.45, 2.75) is 0 Å². The van der Waals surface area contributed by atoms with Crippen molar-refractivity contribution in [3.05, 3.63) is 71.9 Å². The minimum Gasteiger partial charge on any atom is -0.366 e.